The zero-order valence-electron chi connectivity index (χ0n) is 21.2. The third-order valence-electron chi connectivity index (χ3n) is 6.67. The Labute approximate surface area is 225 Å². The summed E-state index contributed by atoms with van der Waals surface area (Å²) in [6, 6.07) is 15.1. The second kappa shape index (κ2) is 11.4. The summed E-state index contributed by atoms with van der Waals surface area (Å²) in [6.07, 6.45) is 3.98. The minimum absolute atomic E-state index is 0.228. The number of rotatable bonds is 8. The number of hydrogen-bond donors (Lipinski definition) is 1. The average Bonchev–Trinajstić information content (AvgIpc) is 3.55. The van der Waals surface area contributed by atoms with E-state index in [1.165, 1.54) is 19.3 Å². The maximum atomic E-state index is 12.3. The van der Waals surface area contributed by atoms with Crippen LogP contribution in [0.15, 0.2) is 59.5 Å². The minimum atomic E-state index is -1.01. The molecule has 2 aromatic heterocycles. The number of ether oxygens (including phenoxy) is 1. The molecule has 0 spiro atoms. The topological polar surface area (TPSA) is 103 Å². The van der Waals surface area contributed by atoms with Crippen LogP contribution in [0.2, 0.25) is 0 Å². The molecule has 0 unspecified atom stereocenters. The first kappa shape index (κ1) is 25.4. The van der Waals surface area contributed by atoms with Gasteiger partial charge in [-0.3, -0.25) is 0 Å². The van der Waals surface area contributed by atoms with Crippen molar-refractivity contribution in [2.45, 2.75) is 45.1 Å². The molecule has 0 aliphatic heterocycles. The number of carbonyl (C=O) groups is 1. The van der Waals surface area contributed by atoms with E-state index in [-0.39, 0.29) is 5.57 Å². The molecule has 4 aromatic rings. The number of tetrazole rings is 1. The Balaban J connectivity index is 1.49. The smallest absolute Gasteiger partial charge is 0.332 e. The second-order valence-electron chi connectivity index (χ2n) is 9.06. The summed E-state index contributed by atoms with van der Waals surface area (Å²) in [5.41, 5.74) is 4.25. The summed E-state index contributed by atoms with van der Waals surface area (Å²) in [4.78, 5) is 17.0. The van der Waals surface area contributed by atoms with Gasteiger partial charge in [0.1, 0.15) is 5.75 Å². The quantitative estimate of drug-likeness (QED) is 0.251. The maximum Gasteiger partial charge on any atom is 0.332 e. The molecule has 1 saturated carbocycles. The average molecular weight is 526 g/mol. The second-order valence-corrected chi connectivity index (χ2v) is 9.91. The van der Waals surface area contributed by atoms with Crippen molar-refractivity contribution in [1.29, 1.82) is 0 Å². The van der Waals surface area contributed by atoms with Gasteiger partial charge in [-0.1, -0.05) is 43.5 Å². The molecular formula is C29H27N5O3S. The third kappa shape index (κ3) is 5.50. The number of carboxylic acids is 1. The molecule has 5 rings (SSSR count). The van der Waals surface area contributed by atoms with Gasteiger partial charge < -0.3 is 9.84 Å². The number of aromatic nitrogens is 5. The standard InChI is InChI=1S/C29H27N5O3S/c1-3-24(29(35)36)27(28-31-32-33-34(28)17-20-10-13-23(37-2)14-11-20)22-9-4-6-19(16-22)12-15-26-30-25(18-38-26)21-7-5-8-21/h4,6,9-11,13-14,16,18,21H,3,5,7-8,17H2,1-2H3,(H,35,36)/b27-24+. The molecule has 1 N–H and O–H groups in total. The van der Waals surface area contributed by atoms with Crippen LogP contribution >= 0.6 is 11.3 Å². The highest BCUT2D eigenvalue weighted by atomic mass is 32.1. The van der Waals surface area contributed by atoms with Crippen LogP contribution in [0, 0.1) is 11.8 Å². The summed E-state index contributed by atoms with van der Waals surface area (Å²) in [7, 11) is 1.62. The lowest BCUT2D eigenvalue weighted by atomic mass is 9.83. The third-order valence-corrected chi connectivity index (χ3v) is 7.45. The Bertz CT molecular complexity index is 1540. The van der Waals surface area contributed by atoms with Gasteiger partial charge in [0.05, 0.1) is 19.3 Å². The molecule has 2 heterocycles. The van der Waals surface area contributed by atoms with Gasteiger partial charge in [-0.05, 0) is 71.0 Å². The fourth-order valence-corrected chi connectivity index (χ4v) is 5.13. The van der Waals surface area contributed by atoms with E-state index in [2.05, 4.69) is 32.7 Å². The van der Waals surface area contributed by atoms with Crippen LogP contribution in [0.3, 0.4) is 0 Å². The first-order valence-electron chi connectivity index (χ1n) is 12.5. The summed E-state index contributed by atoms with van der Waals surface area (Å²) in [5, 5.41) is 25.2. The van der Waals surface area contributed by atoms with Crippen LogP contribution in [0.1, 0.15) is 71.7 Å². The summed E-state index contributed by atoms with van der Waals surface area (Å²) < 4.78 is 6.86. The van der Waals surface area contributed by atoms with Gasteiger partial charge in [0.15, 0.2) is 10.8 Å². The lowest BCUT2D eigenvalue weighted by molar-refractivity contribution is -0.132. The van der Waals surface area contributed by atoms with Gasteiger partial charge in [-0.2, -0.15) is 0 Å². The highest BCUT2D eigenvalue weighted by Gasteiger charge is 2.23. The fraction of sp³-hybridized carbons (Fsp3) is 0.276. The van der Waals surface area contributed by atoms with E-state index in [9.17, 15) is 9.90 Å². The maximum absolute atomic E-state index is 12.3. The van der Waals surface area contributed by atoms with Gasteiger partial charge in [0.25, 0.3) is 0 Å². The van der Waals surface area contributed by atoms with Gasteiger partial charge >= 0.3 is 5.97 Å². The van der Waals surface area contributed by atoms with Crippen molar-refractivity contribution in [3.05, 3.63) is 92.7 Å². The van der Waals surface area contributed by atoms with Crippen molar-refractivity contribution in [2.24, 2.45) is 0 Å². The molecule has 0 saturated heterocycles. The number of carboxylic acid groups (broad SMARTS) is 1. The SMILES string of the molecule is CC/C(C(=O)O)=C(/c1cccc(C#Cc2nc(C3CCC3)cs2)c1)c1nnnn1Cc1ccc(OC)cc1. The molecule has 1 aliphatic carbocycles. The summed E-state index contributed by atoms with van der Waals surface area (Å²) in [5.74, 6) is 7.07. The summed E-state index contributed by atoms with van der Waals surface area (Å²) in [6.45, 7) is 2.19. The predicted molar refractivity (Wildman–Crippen MR) is 145 cm³/mol. The Morgan fingerprint density at radius 1 is 1.18 bits per heavy atom. The van der Waals surface area contributed by atoms with E-state index in [1.54, 1.807) is 23.1 Å². The van der Waals surface area contributed by atoms with Crippen LogP contribution in [-0.4, -0.2) is 43.4 Å². The highest BCUT2D eigenvalue weighted by molar-refractivity contribution is 7.10. The van der Waals surface area contributed by atoms with E-state index in [0.717, 1.165) is 27.6 Å². The Kier molecular flexibility index (Phi) is 7.61. The number of hydrogen-bond acceptors (Lipinski definition) is 7. The van der Waals surface area contributed by atoms with Crippen molar-refractivity contribution in [3.63, 3.8) is 0 Å². The lowest BCUT2D eigenvalue weighted by Crippen LogP contribution is -2.12. The molecule has 0 amide bonds. The molecule has 1 aliphatic rings. The van der Waals surface area contributed by atoms with Crippen molar-refractivity contribution in [1.82, 2.24) is 25.2 Å². The summed E-state index contributed by atoms with van der Waals surface area (Å²) >= 11 is 1.56. The number of aliphatic carboxylic acids is 1. The van der Waals surface area contributed by atoms with Crippen LogP contribution in [-0.2, 0) is 11.3 Å². The van der Waals surface area contributed by atoms with Crippen LogP contribution in [0.4, 0.5) is 0 Å². The van der Waals surface area contributed by atoms with Crippen LogP contribution in [0.25, 0.3) is 5.57 Å². The molecule has 2 aromatic carbocycles. The molecule has 0 radical (unpaired) electrons. The zero-order chi connectivity index (χ0) is 26.5. The molecule has 0 bridgehead atoms. The number of nitrogens with zero attached hydrogens (tertiary/aromatic N) is 5. The Morgan fingerprint density at radius 2 is 2.00 bits per heavy atom. The van der Waals surface area contributed by atoms with Crippen LogP contribution < -0.4 is 4.74 Å². The van der Waals surface area contributed by atoms with Crippen molar-refractivity contribution < 1.29 is 14.6 Å². The molecule has 0 atom stereocenters. The van der Waals surface area contributed by atoms with Gasteiger partial charge in [0.2, 0.25) is 0 Å². The van der Waals surface area contributed by atoms with Crippen molar-refractivity contribution >= 4 is 22.9 Å². The monoisotopic (exact) mass is 525 g/mol. The number of methoxy groups -OCH3 is 1. The van der Waals surface area contributed by atoms with E-state index in [4.69, 9.17) is 9.72 Å². The Hall–Kier alpha value is -4.29. The van der Waals surface area contributed by atoms with Crippen LogP contribution in [0.5, 0.6) is 5.75 Å². The molecule has 9 heteroatoms. The normalized spacial score (nSPS) is 13.7. The molecule has 192 valence electrons. The fourth-order valence-electron chi connectivity index (χ4n) is 4.38. The van der Waals surface area contributed by atoms with Crippen molar-refractivity contribution in [2.75, 3.05) is 7.11 Å². The minimum Gasteiger partial charge on any atom is -0.497 e. The number of thiazole rings is 1. The Morgan fingerprint density at radius 3 is 2.68 bits per heavy atom. The van der Waals surface area contributed by atoms with Gasteiger partial charge in [-0.15, -0.1) is 16.4 Å². The first-order chi connectivity index (χ1) is 18.6. The van der Waals surface area contributed by atoms with Gasteiger partial charge in [-0.25, -0.2) is 14.5 Å². The first-order valence-corrected chi connectivity index (χ1v) is 13.4. The highest BCUT2D eigenvalue weighted by Crippen LogP contribution is 2.36. The lowest BCUT2D eigenvalue weighted by Gasteiger charge is -2.22. The van der Waals surface area contributed by atoms with Crippen molar-refractivity contribution in [3.8, 4) is 17.6 Å². The molecule has 38 heavy (non-hydrogen) atoms. The molecule has 1 fully saturated rings. The largest absolute Gasteiger partial charge is 0.497 e. The molecular weight excluding hydrogens is 498 g/mol. The van der Waals surface area contributed by atoms with Gasteiger partial charge in [0, 0.05) is 28.0 Å². The van der Waals surface area contributed by atoms with E-state index < -0.39 is 5.97 Å². The molecule has 8 nitrogen and oxygen atoms in total. The van der Waals surface area contributed by atoms with E-state index in [1.807, 2.05) is 55.5 Å². The predicted octanol–water partition coefficient (Wildman–Crippen LogP) is 5.15. The number of benzene rings is 2. The zero-order valence-corrected chi connectivity index (χ0v) is 22.0. The van der Waals surface area contributed by atoms with E-state index >= 15 is 0 Å². The van der Waals surface area contributed by atoms with E-state index in [0.29, 0.717) is 35.8 Å².